The molecule has 1 aromatic heterocycles. The lowest BCUT2D eigenvalue weighted by atomic mass is 10.1. The predicted octanol–water partition coefficient (Wildman–Crippen LogP) is 4.90. The zero-order valence-corrected chi connectivity index (χ0v) is 14.9. The first-order valence-electron chi connectivity index (χ1n) is 5.83. The Hall–Kier alpha value is -0.360. The lowest BCUT2D eigenvalue weighted by molar-refractivity contribution is 0.412. The van der Waals surface area contributed by atoms with Gasteiger partial charge in [0.1, 0.15) is 5.75 Å². The van der Waals surface area contributed by atoms with E-state index in [9.17, 15) is 0 Å². The van der Waals surface area contributed by atoms with Crippen LogP contribution in [0.25, 0.3) is 0 Å². The van der Waals surface area contributed by atoms with Crippen LogP contribution in [0.2, 0.25) is 0 Å². The largest absolute Gasteiger partial charge is 0.496 e. The lowest BCUT2D eigenvalue weighted by Crippen LogP contribution is -2.16. The topological polar surface area (TPSA) is 21.3 Å². The van der Waals surface area contributed by atoms with Gasteiger partial charge < -0.3 is 10.1 Å². The molecule has 5 heteroatoms. The molecule has 1 unspecified atom stereocenters. The summed E-state index contributed by atoms with van der Waals surface area (Å²) in [5.74, 6) is 0.849. The number of ether oxygens (including phenoxy) is 1. The first kappa shape index (κ1) is 15.0. The zero-order valence-electron chi connectivity index (χ0n) is 11.0. The van der Waals surface area contributed by atoms with Crippen molar-refractivity contribution < 1.29 is 4.74 Å². The normalized spacial score (nSPS) is 12.5. The average molecular weight is 405 g/mol. The Morgan fingerprint density at radius 1 is 1.21 bits per heavy atom. The summed E-state index contributed by atoms with van der Waals surface area (Å²) >= 11 is 8.92. The van der Waals surface area contributed by atoms with Crippen LogP contribution in [0.3, 0.4) is 0 Å². The van der Waals surface area contributed by atoms with Crippen LogP contribution in [0.4, 0.5) is 0 Å². The van der Waals surface area contributed by atoms with Crippen LogP contribution in [0.5, 0.6) is 5.75 Å². The first-order valence-corrected chi connectivity index (χ1v) is 8.23. The fourth-order valence-electron chi connectivity index (χ4n) is 1.96. The number of nitrogens with one attached hydrogen (secondary N) is 1. The van der Waals surface area contributed by atoms with Crippen LogP contribution in [-0.2, 0) is 0 Å². The van der Waals surface area contributed by atoms with Crippen LogP contribution in [0, 0.1) is 6.92 Å². The maximum absolute atomic E-state index is 5.27. The van der Waals surface area contributed by atoms with Crippen molar-refractivity contribution in [2.45, 2.75) is 13.0 Å². The molecule has 1 aromatic carbocycles. The summed E-state index contributed by atoms with van der Waals surface area (Å²) < 4.78 is 7.41. The van der Waals surface area contributed by atoms with Crippen LogP contribution in [0.1, 0.15) is 21.4 Å². The number of halogens is 2. The fraction of sp³-hybridized carbons (Fsp3) is 0.286. The second kappa shape index (κ2) is 6.39. The molecule has 0 aliphatic carbocycles. The van der Waals surface area contributed by atoms with Crippen molar-refractivity contribution in [2.24, 2.45) is 0 Å². The number of rotatable bonds is 4. The Morgan fingerprint density at radius 3 is 2.42 bits per heavy atom. The van der Waals surface area contributed by atoms with E-state index in [1.807, 2.05) is 13.1 Å². The summed E-state index contributed by atoms with van der Waals surface area (Å²) in [6, 6.07) is 8.55. The molecule has 0 amide bonds. The highest BCUT2D eigenvalue weighted by Crippen LogP contribution is 2.35. The van der Waals surface area contributed by atoms with Gasteiger partial charge in [-0.2, -0.15) is 0 Å². The smallest absolute Gasteiger partial charge is 0.133 e. The first-order chi connectivity index (χ1) is 9.06. The molecule has 1 N–H and O–H groups in total. The number of methoxy groups -OCH3 is 1. The van der Waals surface area contributed by atoms with Gasteiger partial charge in [0.05, 0.1) is 17.6 Å². The summed E-state index contributed by atoms with van der Waals surface area (Å²) in [4.78, 5) is 2.59. The van der Waals surface area contributed by atoms with E-state index in [4.69, 9.17) is 4.74 Å². The van der Waals surface area contributed by atoms with Crippen LogP contribution in [-0.4, -0.2) is 14.2 Å². The van der Waals surface area contributed by atoms with Crippen molar-refractivity contribution in [1.29, 1.82) is 0 Å². The van der Waals surface area contributed by atoms with E-state index in [-0.39, 0.29) is 6.04 Å². The molecule has 0 saturated carbocycles. The van der Waals surface area contributed by atoms with Gasteiger partial charge in [-0.25, -0.2) is 0 Å². The van der Waals surface area contributed by atoms with Crippen molar-refractivity contribution in [3.05, 3.63) is 48.5 Å². The van der Waals surface area contributed by atoms with E-state index in [1.54, 1.807) is 18.4 Å². The molecular formula is C14H15Br2NOS. The van der Waals surface area contributed by atoms with Gasteiger partial charge in [0.2, 0.25) is 0 Å². The third-order valence-electron chi connectivity index (χ3n) is 2.96. The highest BCUT2D eigenvalue weighted by atomic mass is 79.9. The van der Waals surface area contributed by atoms with E-state index in [1.165, 1.54) is 19.8 Å². The molecule has 0 saturated heterocycles. The Bertz CT molecular complexity index is 563. The molecule has 1 atom stereocenters. The highest BCUT2D eigenvalue weighted by molar-refractivity contribution is 9.10. The van der Waals surface area contributed by atoms with E-state index in [2.05, 4.69) is 62.3 Å². The molecule has 0 radical (unpaired) electrons. The molecule has 0 fully saturated rings. The minimum Gasteiger partial charge on any atom is -0.496 e. The Balaban J connectivity index is 2.39. The Morgan fingerprint density at radius 2 is 1.95 bits per heavy atom. The molecule has 102 valence electrons. The summed E-state index contributed by atoms with van der Waals surface area (Å²) in [5, 5.41) is 3.37. The Kier molecular flexibility index (Phi) is 5.06. The van der Waals surface area contributed by atoms with Gasteiger partial charge in [0, 0.05) is 14.2 Å². The van der Waals surface area contributed by atoms with E-state index < -0.39 is 0 Å². The van der Waals surface area contributed by atoms with Crippen LogP contribution < -0.4 is 10.1 Å². The molecule has 1 heterocycles. The minimum atomic E-state index is 0.192. The second-order valence-electron chi connectivity index (χ2n) is 4.17. The zero-order chi connectivity index (χ0) is 14.0. The molecule has 0 aliphatic heterocycles. The lowest BCUT2D eigenvalue weighted by Gasteiger charge is -2.16. The Labute approximate surface area is 134 Å². The van der Waals surface area contributed by atoms with E-state index in [0.717, 1.165) is 10.2 Å². The van der Waals surface area contributed by atoms with Gasteiger partial charge in [0.15, 0.2) is 0 Å². The van der Waals surface area contributed by atoms with Gasteiger partial charge in [-0.3, -0.25) is 0 Å². The maximum atomic E-state index is 5.27. The van der Waals surface area contributed by atoms with Gasteiger partial charge in [-0.1, -0.05) is 6.07 Å². The summed E-state index contributed by atoms with van der Waals surface area (Å²) in [7, 11) is 3.65. The van der Waals surface area contributed by atoms with E-state index in [0.29, 0.717) is 0 Å². The van der Waals surface area contributed by atoms with Crippen molar-refractivity contribution in [1.82, 2.24) is 5.32 Å². The van der Waals surface area contributed by atoms with Gasteiger partial charge in [-0.05, 0) is 69.6 Å². The summed E-state index contributed by atoms with van der Waals surface area (Å²) in [6.07, 6.45) is 0. The van der Waals surface area contributed by atoms with Gasteiger partial charge in [0.25, 0.3) is 0 Å². The second-order valence-corrected chi connectivity index (χ2v) is 7.17. The molecule has 0 spiro atoms. The number of aryl methyl sites for hydroxylation is 1. The van der Waals surface area contributed by atoms with E-state index >= 15 is 0 Å². The molecule has 2 nitrogen and oxygen atoms in total. The number of thiophene rings is 1. The molecule has 2 aromatic rings. The third-order valence-corrected chi connectivity index (χ3v) is 5.78. The molecule has 2 rings (SSSR count). The number of hydrogen-bond donors (Lipinski definition) is 1. The minimum absolute atomic E-state index is 0.192. The number of benzene rings is 1. The van der Waals surface area contributed by atoms with Crippen molar-refractivity contribution in [3.63, 3.8) is 0 Å². The van der Waals surface area contributed by atoms with Gasteiger partial charge >= 0.3 is 0 Å². The molecular weight excluding hydrogens is 390 g/mol. The predicted molar refractivity (Wildman–Crippen MR) is 88.4 cm³/mol. The summed E-state index contributed by atoms with van der Waals surface area (Å²) in [5.41, 5.74) is 1.21. The maximum Gasteiger partial charge on any atom is 0.133 e. The standard InChI is InChI=1S/C14H15Br2NOS/c1-8-10(15)7-13(19-8)14(17-2)9-4-5-12(18-3)11(16)6-9/h4-7,14,17H,1-3H3. The van der Waals surface area contributed by atoms with Crippen molar-refractivity contribution >= 4 is 43.2 Å². The van der Waals surface area contributed by atoms with Gasteiger partial charge in [-0.15, -0.1) is 11.3 Å². The SMILES string of the molecule is CNC(c1ccc(OC)c(Br)c1)c1cc(Br)c(C)s1. The highest BCUT2D eigenvalue weighted by Gasteiger charge is 2.16. The monoisotopic (exact) mass is 403 g/mol. The molecule has 0 aliphatic rings. The van der Waals surface area contributed by atoms with Crippen molar-refractivity contribution in [2.75, 3.05) is 14.2 Å². The summed E-state index contributed by atoms with van der Waals surface area (Å²) in [6.45, 7) is 2.12. The molecule has 19 heavy (non-hydrogen) atoms. The van der Waals surface area contributed by atoms with Crippen LogP contribution >= 0.6 is 43.2 Å². The number of hydrogen-bond acceptors (Lipinski definition) is 3. The fourth-order valence-corrected chi connectivity index (χ4v) is 4.22. The molecule has 0 bridgehead atoms. The third kappa shape index (κ3) is 3.21. The van der Waals surface area contributed by atoms with Crippen molar-refractivity contribution in [3.8, 4) is 5.75 Å². The average Bonchev–Trinajstić information content (AvgIpc) is 2.70. The quantitative estimate of drug-likeness (QED) is 0.782. The van der Waals surface area contributed by atoms with Crippen LogP contribution in [0.15, 0.2) is 33.2 Å².